The number of rotatable bonds is 4. The number of nitrogens with zero attached hydrogens (tertiary/aromatic N) is 1. The summed E-state index contributed by atoms with van der Waals surface area (Å²) in [5, 5.41) is 7.81. The second-order valence-corrected chi connectivity index (χ2v) is 15.7. The topological polar surface area (TPSA) is 24.4 Å². The van der Waals surface area contributed by atoms with Gasteiger partial charge in [0.05, 0.1) is 16.6 Å². The molecule has 3 heteroatoms. The molecule has 10 rings (SSSR count). The molecule has 1 unspecified atom stereocenters. The molecule has 1 aliphatic heterocycles. The molecular weight excluding hydrogens is 625 g/mol. The fraction of sp³-hybridized carbons (Fsp3) is 0.170. The fourth-order valence-electron chi connectivity index (χ4n) is 8.72. The van der Waals surface area contributed by atoms with Gasteiger partial charge in [0, 0.05) is 21.1 Å². The van der Waals surface area contributed by atoms with E-state index in [1.54, 1.807) is 0 Å². The minimum Gasteiger partial charge on any atom is -0.358 e. The minimum atomic E-state index is -0.183. The third-order valence-electron chi connectivity index (χ3n) is 11.3. The van der Waals surface area contributed by atoms with E-state index in [4.69, 9.17) is 4.99 Å². The molecule has 242 valence electrons. The van der Waals surface area contributed by atoms with Gasteiger partial charge in [-0.1, -0.05) is 123 Å². The molecular formula is C47H38N2S. The first-order valence-corrected chi connectivity index (χ1v) is 18.8. The van der Waals surface area contributed by atoms with Crippen LogP contribution >= 0.6 is 11.3 Å². The number of hydrogen-bond acceptors (Lipinski definition) is 3. The lowest BCUT2D eigenvalue weighted by Crippen LogP contribution is -2.33. The van der Waals surface area contributed by atoms with Crippen LogP contribution in [0.3, 0.4) is 0 Å². The molecule has 2 aliphatic carbocycles. The van der Waals surface area contributed by atoms with Crippen LogP contribution in [-0.4, -0.2) is 5.84 Å². The minimum absolute atomic E-state index is 0.169. The summed E-state index contributed by atoms with van der Waals surface area (Å²) in [7, 11) is 0. The van der Waals surface area contributed by atoms with Crippen molar-refractivity contribution < 1.29 is 0 Å². The van der Waals surface area contributed by atoms with Crippen molar-refractivity contribution in [2.75, 3.05) is 0 Å². The van der Waals surface area contributed by atoms with E-state index >= 15 is 0 Å². The smallest absolute Gasteiger partial charge is 0.134 e. The summed E-state index contributed by atoms with van der Waals surface area (Å²) in [5.41, 5.74) is 14.1. The van der Waals surface area contributed by atoms with Gasteiger partial charge in [0.15, 0.2) is 0 Å². The van der Waals surface area contributed by atoms with Crippen LogP contribution in [0.1, 0.15) is 67.1 Å². The van der Waals surface area contributed by atoms with Crippen LogP contribution in [0.5, 0.6) is 0 Å². The van der Waals surface area contributed by atoms with Gasteiger partial charge in [-0.25, -0.2) is 4.99 Å². The summed E-state index contributed by atoms with van der Waals surface area (Å²) in [6.07, 6.45) is 7.33. The highest BCUT2D eigenvalue weighted by Gasteiger charge is 2.39. The first kappa shape index (κ1) is 29.6. The number of allylic oxidation sites excluding steroid dienone is 1. The molecule has 1 N–H and O–H groups in total. The van der Waals surface area contributed by atoms with Crippen LogP contribution in [0.15, 0.2) is 144 Å². The number of amidine groups is 1. The molecule has 0 spiro atoms. The molecule has 1 aromatic heterocycles. The molecule has 0 fully saturated rings. The van der Waals surface area contributed by atoms with Gasteiger partial charge in [-0.2, -0.15) is 0 Å². The molecule has 0 radical (unpaired) electrons. The number of thiophene rings is 1. The van der Waals surface area contributed by atoms with Gasteiger partial charge in [-0.15, -0.1) is 11.3 Å². The predicted molar refractivity (Wildman–Crippen MR) is 213 cm³/mol. The van der Waals surface area contributed by atoms with E-state index in [2.05, 4.69) is 153 Å². The molecule has 3 aliphatic rings. The van der Waals surface area contributed by atoms with E-state index in [1.165, 1.54) is 88.7 Å². The van der Waals surface area contributed by atoms with Crippen LogP contribution in [0.25, 0.3) is 54.2 Å². The van der Waals surface area contributed by atoms with Crippen molar-refractivity contribution in [2.24, 2.45) is 4.99 Å². The molecule has 0 saturated heterocycles. The van der Waals surface area contributed by atoms with Crippen LogP contribution in [-0.2, 0) is 5.41 Å². The quantitative estimate of drug-likeness (QED) is 0.186. The Hall–Kier alpha value is -5.25. The lowest BCUT2D eigenvalue weighted by molar-refractivity contribution is 0.622. The lowest BCUT2D eigenvalue weighted by Gasteiger charge is -2.29. The highest BCUT2D eigenvalue weighted by Crippen LogP contribution is 2.55. The molecule has 7 aromatic rings. The van der Waals surface area contributed by atoms with Gasteiger partial charge in [0.1, 0.15) is 5.84 Å². The lowest BCUT2D eigenvalue weighted by atomic mass is 9.80. The Morgan fingerprint density at radius 2 is 1.44 bits per heavy atom. The van der Waals surface area contributed by atoms with Crippen LogP contribution in [0, 0.1) is 0 Å². The largest absolute Gasteiger partial charge is 0.358 e. The van der Waals surface area contributed by atoms with Gasteiger partial charge in [0.2, 0.25) is 0 Å². The molecule has 50 heavy (non-hydrogen) atoms. The average molecular weight is 663 g/mol. The number of nitrogens with one attached hydrogen (secondary N) is 1. The zero-order chi connectivity index (χ0) is 33.4. The van der Waals surface area contributed by atoms with E-state index < -0.39 is 0 Å². The highest BCUT2D eigenvalue weighted by atomic mass is 32.1. The normalized spacial score (nSPS) is 17.4. The summed E-state index contributed by atoms with van der Waals surface area (Å²) < 4.78 is 1.31. The van der Waals surface area contributed by atoms with Crippen molar-refractivity contribution in [1.82, 2.24) is 5.32 Å². The summed E-state index contributed by atoms with van der Waals surface area (Å²) in [4.78, 5) is 6.76. The molecule has 2 heterocycles. The van der Waals surface area contributed by atoms with Crippen molar-refractivity contribution in [3.63, 3.8) is 0 Å². The van der Waals surface area contributed by atoms with Crippen molar-refractivity contribution in [1.29, 1.82) is 0 Å². The van der Waals surface area contributed by atoms with Gasteiger partial charge in [0.25, 0.3) is 0 Å². The maximum atomic E-state index is 5.41. The van der Waals surface area contributed by atoms with E-state index in [0.717, 1.165) is 29.9 Å². The summed E-state index contributed by atoms with van der Waals surface area (Å²) >= 11 is 1.90. The summed E-state index contributed by atoms with van der Waals surface area (Å²) in [6, 6.07) is 47.2. The van der Waals surface area contributed by atoms with Gasteiger partial charge in [-0.05, 0) is 111 Å². The number of aliphatic imine (C=N–C) groups is 1. The maximum Gasteiger partial charge on any atom is 0.134 e. The van der Waals surface area contributed by atoms with E-state index in [1.807, 2.05) is 11.3 Å². The molecule has 1 atom stereocenters. The van der Waals surface area contributed by atoms with Crippen molar-refractivity contribution in [3.8, 4) is 33.4 Å². The molecule has 0 saturated carbocycles. The van der Waals surface area contributed by atoms with Gasteiger partial charge in [-0.3, -0.25) is 0 Å². The SMILES string of the molecule is CC1(C)c2cc(C3=Nc4c(sc5ccccc45)C(C4=CCCCC4)N3)ccc2-c2c1cc1ccccc1c2-c1cccc(-c2ccccc2)c1. The third-order valence-corrected chi connectivity index (χ3v) is 12.5. The van der Waals surface area contributed by atoms with Crippen LogP contribution in [0.2, 0.25) is 0 Å². The zero-order valence-electron chi connectivity index (χ0n) is 28.5. The first-order valence-electron chi connectivity index (χ1n) is 18.0. The molecule has 0 amide bonds. The zero-order valence-corrected chi connectivity index (χ0v) is 29.3. The number of hydrogen-bond donors (Lipinski definition) is 1. The Kier molecular flexibility index (Phi) is 6.76. The van der Waals surface area contributed by atoms with E-state index in [-0.39, 0.29) is 11.5 Å². The highest BCUT2D eigenvalue weighted by molar-refractivity contribution is 7.19. The number of benzene rings is 6. The number of fused-ring (bicyclic) bond motifs is 7. The second-order valence-electron chi connectivity index (χ2n) is 14.6. The Bertz CT molecular complexity index is 2550. The van der Waals surface area contributed by atoms with Crippen molar-refractivity contribution >= 4 is 43.7 Å². The molecule has 2 nitrogen and oxygen atoms in total. The Morgan fingerprint density at radius 3 is 2.30 bits per heavy atom. The monoisotopic (exact) mass is 662 g/mol. The maximum absolute atomic E-state index is 5.41. The Balaban J connectivity index is 1.15. The molecule has 6 aromatic carbocycles. The van der Waals surface area contributed by atoms with Gasteiger partial charge < -0.3 is 5.32 Å². The Labute approximate surface area is 297 Å². The average Bonchev–Trinajstić information content (AvgIpc) is 3.66. The Morgan fingerprint density at radius 1 is 0.660 bits per heavy atom. The van der Waals surface area contributed by atoms with Gasteiger partial charge >= 0.3 is 0 Å². The van der Waals surface area contributed by atoms with Crippen molar-refractivity contribution in [2.45, 2.75) is 51.0 Å². The van der Waals surface area contributed by atoms with Crippen LogP contribution < -0.4 is 5.32 Å². The first-order chi connectivity index (χ1) is 24.5. The molecule has 0 bridgehead atoms. The second kappa shape index (κ2) is 11.4. The predicted octanol–water partition coefficient (Wildman–Crippen LogP) is 12.9. The van der Waals surface area contributed by atoms with E-state index in [9.17, 15) is 0 Å². The van der Waals surface area contributed by atoms with E-state index in [0.29, 0.717) is 0 Å². The summed E-state index contributed by atoms with van der Waals surface area (Å²) in [5.74, 6) is 0.980. The fourth-order valence-corrected chi connectivity index (χ4v) is 9.96. The summed E-state index contributed by atoms with van der Waals surface area (Å²) in [6.45, 7) is 4.80. The van der Waals surface area contributed by atoms with Crippen LogP contribution in [0.4, 0.5) is 5.69 Å². The van der Waals surface area contributed by atoms with Crippen molar-refractivity contribution in [3.05, 3.63) is 161 Å². The third kappa shape index (κ3) is 4.57. The standard InChI is InChI=1S/C47H38N2S/c1-47(2)38-28-34(46-48-43(30-16-7-4-8-17-30)45-44(49-46)37-22-11-12-23-40(37)50-45)24-25-36(38)42-39(47)27-32-18-9-10-21-35(32)41(42)33-20-13-19-31(26-33)29-14-5-3-6-15-29/h3,5-6,9-16,18-28,43H,4,7-8,17H2,1-2H3,(H,48,49).